The van der Waals surface area contributed by atoms with E-state index in [1.165, 1.54) is 0 Å². The minimum Gasteiger partial charge on any atom is -0.354 e. The minimum absolute atomic E-state index is 0. The van der Waals surface area contributed by atoms with Crippen molar-refractivity contribution >= 4 is 34.2 Å². The quantitative estimate of drug-likeness (QED) is 0.773. The van der Waals surface area contributed by atoms with Crippen LogP contribution < -0.4 is 10.6 Å². The number of amidine groups is 1. The summed E-state index contributed by atoms with van der Waals surface area (Å²) in [7, 11) is -3.66. The lowest BCUT2D eigenvalue weighted by atomic mass is 10.1. The van der Waals surface area contributed by atoms with Crippen LogP contribution in [0.4, 0.5) is 0 Å². The maximum atomic E-state index is 12.7. The first kappa shape index (κ1) is 20.1. The van der Waals surface area contributed by atoms with Crippen LogP contribution in [0.1, 0.15) is 31.2 Å². The van der Waals surface area contributed by atoms with E-state index in [2.05, 4.69) is 15.0 Å². The van der Waals surface area contributed by atoms with Gasteiger partial charge in [0.1, 0.15) is 10.9 Å². The van der Waals surface area contributed by atoms with Gasteiger partial charge in [0.2, 0.25) is 5.91 Å². The molecule has 0 radical (unpaired) electrons. The fraction of sp³-hybridized carbons (Fsp3) is 0.556. The summed E-state index contributed by atoms with van der Waals surface area (Å²) in [5.41, 5.74) is 0.601. The summed E-state index contributed by atoms with van der Waals surface area (Å²) in [6.45, 7) is 3.39. The molecule has 2 saturated heterocycles. The zero-order valence-corrected chi connectivity index (χ0v) is 16.7. The molecule has 2 N–H and O–H groups in total. The molecule has 3 aliphatic heterocycles. The van der Waals surface area contributed by atoms with Gasteiger partial charge in [-0.1, -0.05) is 12.1 Å². The van der Waals surface area contributed by atoms with Gasteiger partial charge in [0.25, 0.3) is 10.0 Å². The number of fused-ring (bicyclic) bond motifs is 1. The molecule has 0 bridgehead atoms. The first-order valence-corrected chi connectivity index (χ1v) is 10.7. The predicted molar refractivity (Wildman–Crippen MR) is 106 cm³/mol. The standard InChI is InChI=1S/C18H24N4O3S.ClH/c23-18(20-10-8-13-7-9-19-12-13)15-5-3-11-22(15)17-14-4-1-2-6-16(14)26(24,25)21-17;/h1-2,4,6,13,15,19H,3,5,7-12H2,(H,20,23);1H. The molecule has 2 atom stereocenters. The highest BCUT2D eigenvalue weighted by molar-refractivity contribution is 7.90. The lowest BCUT2D eigenvalue weighted by molar-refractivity contribution is -0.124. The molecule has 27 heavy (non-hydrogen) atoms. The Hall–Kier alpha value is -1.64. The largest absolute Gasteiger partial charge is 0.354 e. The van der Waals surface area contributed by atoms with Crippen LogP contribution in [0, 0.1) is 5.92 Å². The molecule has 1 amide bonds. The highest BCUT2D eigenvalue weighted by Crippen LogP contribution is 2.31. The molecule has 4 rings (SSSR count). The molecular weight excluding hydrogens is 388 g/mol. The second-order valence-corrected chi connectivity index (χ2v) is 8.75. The number of hydrogen-bond acceptors (Lipinski definition) is 5. The molecule has 2 fully saturated rings. The number of carbonyl (C=O) groups excluding carboxylic acids is 1. The van der Waals surface area contributed by atoms with Gasteiger partial charge >= 0.3 is 0 Å². The zero-order valence-electron chi connectivity index (χ0n) is 15.1. The molecular formula is C18H25ClN4O3S. The van der Waals surface area contributed by atoms with Crippen LogP contribution in [0.5, 0.6) is 0 Å². The average Bonchev–Trinajstić information content (AvgIpc) is 3.35. The third-order valence-corrected chi connectivity index (χ3v) is 6.78. The van der Waals surface area contributed by atoms with E-state index >= 15 is 0 Å². The number of rotatable bonds is 4. The Bertz CT molecular complexity index is 837. The van der Waals surface area contributed by atoms with Crippen LogP contribution in [0.15, 0.2) is 33.6 Å². The molecule has 3 heterocycles. The monoisotopic (exact) mass is 412 g/mol. The van der Waals surface area contributed by atoms with Crippen LogP contribution in [0.25, 0.3) is 0 Å². The fourth-order valence-electron chi connectivity index (χ4n) is 4.07. The molecule has 0 saturated carbocycles. The topological polar surface area (TPSA) is 90.9 Å². The Morgan fingerprint density at radius 1 is 1.30 bits per heavy atom. The third-order valence-electron chi connectivity index (χ3n) is 5.45. The van der Waals surface area contributed by atoms with Gasteiger partial charge in [0, 0.05) is 18.7 Å². The zero-order chi connectivity index (χ0) is 18.1. The summed E-state index contributed by atoms with van der Waals surface area (Å²) in [4.78, 5) is 14.8. The fourth-order valence-corrected chi connectivity index (χ4v) is 5.28. The van der Waals surface area contributed by atoms with E-state index in [0.717, 1.165) is 38.8 Å². The van der Waals surface area contributed by atoms with Crippen LogP contribution >= 0.6 is 12.4 Å². The maximum absolute atomic E-state index is 12.7. The van der Waals surface area contributed by atoms with E-state index in [9.17, 15) is 13.2 Å². The summed E-state index contributed by atoms with van der Waals surface area (Å²) in [5.74, 6) is 1.02. The number of amides is 1. The third kappa shape index (κ3) is 3.97. The van der Waals surface area contributed by atoms with Crippen molar-refractivity contribution in [2.75, 3.05) is 26.2 Å². The van der Waals surface area contributed by atoms with Crippen molar-refractivity contribution in [1.82, 2.24) is 15.5 Å². The summed E-state index contributed by atoms with van der Waals surface area (Å²) >= 11 is 0. The van der Waals surface area contributed by atoms with E-state index in [1.807, 2.05) is 4.90 Å². The molecule has 0 aromatic heterocycles. The first-order chi connectivity index (χ1) is 12.6. The van der Waals surface area contributed by atoms with E-state index in [4.69, 9.17) is 0 Å². The van der Waals surface area contributed by atoms with Gasteiger partial charge < -0.3 is 15.5 Å². The smallest absolute Gasteiger partial charge is 0.285 e. The molecule has 0 spiro atoms. The lowest BCUT2D eigenvalue weighted by Gasteiger charge is -2.25. The Labute approximate surface area is 166 Å². The SMILES string of the molecule is Cl.O=C(NCCC1CCNC1)C1CCCN1C1=NS(=O)(=O)c2ccccc21. The van der Waals surface area contributed by atoms with Crippen molar-refractivity contribution < 1.29 is 13.2 Å². The molecule has 2 unspecified atom stereocenters. The summed E-state index contributed by atoms with van der Waals surface area (Å²) in [6, 6.07) is 6.48. The van der Waals surface area contributed by atoms with Crippen molar-refractivity contribution in [3.05, 3.63) is 29.8 Å². The number of hydrogen-bond donors (Lipinski definition) is 2. The Morgan fingerprint density at radius 3 is 2.89 bits per heavy atom. The molecule has 1 aromatic carbocycles. The van der Waals surface area contributed by atoms with Crippen molar-refractivity contribution in [1.29, 1.82) is 0 Å². The van der Waals surface area contributed by atoms with Gasteiger partial charge in [-0.15, -0.1) is 16.8 Å². The van der Waals surface area contributed by atoms with E-state index in [1.54, 1.807) is 24.3 Å². The van der Waals surface area contributed by atoms with Gasteiger partial charge in [-0.2, -0.15) is 8.42 Å². The van der Waals surface area contributed by atoms with Crippen LogP contribution in [-0.4, -0.2) is 57.3 Å². The van der Waals surface area contributed by atoms with Gasteiger partial charge in [0.15, 0.2) is 5.84 Å². The Kier molecular flexibility index (Phi) is 6.08. The Morgan fingerprint density at radius 2 is 2.11 bits per heavy atom. The summed E-state index contributed by atoms with van der Waals surface area (Å²) in [6.07, 6.45) is 3.71. The van der Waals surface area contributed by atoms with Crippen LogP contribution in [0.3, 0.4) is 0 Å². The van der Waals surface area contributed by atoms with Crippen molar-refractivity contribution in [3.63, 3.8) is 0 Å². The molecule has 1 aromatic rings. The van der Waals surface area contributed by atoms with E-state index in [0.29, 0.717) is 30.4 Å². The number of carbonyl (C=O) groups is 1. The van der Waals surface area contributed by atoms with Crippen molar-refractivity contribution in [3.8, 4) is 0 Å². The first-order valence-electron chi connectivity index (χ1n) is 9.26. The lowest BCUT2D eigenvalue weighted by Crippen LogP contribution is -2.46. The molecule has 148 valence electrons. The second kappa shape index (κ2) is 8.16. The summed E-state index contributed by atoms with van der Waals surface area (Å²) < 4.78 is 28.6. The van der Waals surface area contributed by atoms with Crippen molar-refractivity contribution in [2.45, 2.75) is 36.6 Å². The maximum Gasteiger partial charge on any atom is 0.285 e. The highest BCUT2D eigenvalue weighted by Gasteiger charge is 2.39. The normalized spacial score (nSPS) is 25.6. The van der Waals surface area contributed by atoms with Gasteiger partial charge in [-0.3, -0.25) is 4.79 Å². The molecule has 9 heteroatoms. The minimum atomic E-state index is -3.66. The number of sulfonamides is 1. The van der Waals surface area contributed by atoms with Gasteiger partial charge in [-0.25, -0.2) is 0 Å². The van der Waals surface area contributed by atoms with Gasteiger partial charge in [-0.05, 0) is 56.8 Å². The number of nitrogens with zero attached hydrogens (tertiary/aromatic N) is 2. The molecule has 0 aliphatic carbocycles. The Balaban J connectivity index is 0.00000210. The molecule has 3 aliphatic rings. The summed E-state index contributed by atoms with van der Waals surface area (Å²) in [5, 5.41) is 6.37. The predicted octanol–water partition coefficient (Wildman–Crippen LogP) is 1.14. The van der Waals surface area contributed by atoms with Crippen molar-refractivity contribution in [2.24, 2.45) is 10.3 Å². The van der Waals surface area contributed by atoms with Crippen LogP contribution in [0.2, 0.25) is 0 Å². The van der Waals surface area contributed by atoms with E-state index in [-0.39, 0.29) is 29.3 Å². The second-order valence-electron chi connectivity index (χ2n) is 7.18. The number of nitrogens with one attached hydrogen (secondary N) is 2. The number of likely N-dealkylation sites (tertiary alicyclic amines) is 1. The van der Waals surface area contributed by atoms with Crippen LogP contribution in [-0.2, 0) is 14.8 Å². The number of benzene rings is 1. The highest BCUT2D eigenvalue weighted by atomic mass is 35.5. The average molecular weight is 413 g/mol. The number of halogens is 1. The van der Waals surface area contributed by atoms with E-state index < -0.39 is 10.0 Å². The van der Waals surface area contributed by atoms with Gasteiger partial charge in [0.05, 0.1) is 0 Å². The molecule has 7 nitrogen and oxygen atoms in total.